The minimum Gasteiger partial charge on any atom is -0.326 e. The summed E-state index contributed by atoms with van der Waals surface area (Å²) >= 11 is 0. The van der Waals surface area contributed by atoms with E-state index in [0.29, 0.717) is 24.4 Å². The molecule has 3 heterocycles. The van der Waals surface area contributed by atoms with Gasteiger partial charge in [-0.2, -0.15) is 0 Å². The van der Waals surface area contributed by atoms with E-state index in [0.717, 1.165) is 30.8 Å². The Labute approximate surface area is 152 Å². The molecule has 3 aliphatic rings. The van der Waals surface area contributed by atoms with Crippen LogP contribution >= 0.6 is 0 Å². The molecular formula is C19H24N4O3. The topological polar surface area (TPSA) is 95.7 Å². The maximum Gasteiger partial charge on any atom is 0.255 e. The number of nitrogens with zero attached hydrogens (tertiary/aromatic N) is 2. The molecule has 26 heavy (non-hydrogen) atoms. The van der Waals surface area contributed by atoms with Crippen LogP contribution < -0.4 is 11.1 Å². The van der Waals surface area contributed by atoms with Gasteiger partial charge in [-0.1, -0.05) is 19.1 Å². The second-order valence-electron chi connectivity index (χ2n) is 7.73. The van der Waals surface area contributed by atoms with E-state index in [1.807, 2.05) is 12.1 Å². The molecule has 3 N–H and O–H groups in total. The highest BCUT2D eigenvalue weighted by Crippen LogP contribution is 2.29. The van der Waals surface area contributed by atoms with Gasteiger partial charge < -0.3 is 10.6 Å². The van der Waals surface area contributed by atoms with Crippen LogP contribution in [0.25, 0.3) is 0 Å². The minimum atomic E-state index is -0.562. The minimum absolute atomic E-state index is 0.127. The summed E-state index contributed by atoms with van der Waals surface area (Å²) in [4.78, 5) is 40.1. The van der Waals surface area contributed by atoms with Crippen molar-refractivity contribution in [2.45, 2.75) is 44.9 Å². The van der Waals surface area contributed by atoms with Gasteiger partial charge in [0.1, 0.15) is 6.04 Å². The van der Waals surface area contributed by atoms with Gasteiger partial charge in [-0.05, 0) is 29.5 Å². The lowest BCUT2D eigenvalue weighted by Gasteiger charge is -2.29. The van der Waals surface area contributed by atoms with Crippen molar-refractivity contribution in [3.63, 3.8) is 0 Å². The number of benzene rings is 1. The number of fused-ring (bicyclic) bond motifs is 1. The number of amides is 3. The molecule has 7 nitrogen and oxygen atoms in total. The Kier molecular flexibility index (Phi) is 4.28. The van der Waals surface area contributed by atoms with Gasteiger partial charge in [-0.3, -0.25) is 24.6 Å². The largest absolute Gasteiger partial charge is 0.326 e. The zero-order chi connectivity index (χ0) is 18.4. The van der Waals surface area contributed by atoms with E-state index in [-0.39, 0.29) is 30.2 Å². The lowest BCUT2D eigenvalue weighted by atomic mass is 10.0. The normalized spacial score (nSPS) is 29.2. The Bertz CT molecular complexity index is 768. The molecule has 3 amide bonds. The number of rotatable bonds is 3. The van der Waals surface area contributed by atoms with Gasteiger partial charge >= 0.3 is 0 Å². The molecule has 0 aromatic heterocycles. The second kappa shape index (κ2) is 6.48. The fourth-order valence-electron chi connectivity index (χ4n) is 4.21. The van der Waals surface area contributed by atoms with Crippen molar-refractivity contribution in [1.29, 1.82) is 0 Å². The van der Waals surface area contributed by atoms with Gasteiger partial charge in [0.05, 0.1) is 0 Å². The van der Waals surface area contributed by atoms with E-state index in [2.05, 4.69) is 23.2 Å². The number of nitrogens with two attached hydrogens (primary N) is 1. The summed E-state index contributed by atoms with van der Waals surface area (Å²) < 4.78 is 0. The van der Waals surface area contributed by atoms with Crippen molar-refractivity contribution in [1.82, 2.24) is 15.1 Å². The summed E-state index contributed by atoms with van der Waals surface area (Å²) in [5.41, 5.74) is 8.86. The fourth-order valence-corrected chi connectivity index (χ4v) is 4.21. The maximum absolute atomic E-state index is 12.7. The van der Waals surface area contributed by atoms with Gasteiger partial charge in [0, 0.05) is 44.2 Å². The third-order valence-corrected chi connectivity index (χ3v) is 5.74. The third kappa shape index (κ3) is 3.01. The highest BCUT2D eigenvalue weighted by molar-refractivity contribution is 6.05. The average molecular weight is 356 g/mol. The molecule has 0 saturated carbocycles. The number of nitrogens with one attached hydrogen (secondary N) is 1. The van der Waals surface area contributed by atoms with Crippen molar-refractivity contribution < 1.29 is 14.4 Å². The standard InChI is InChI=1S/C19H24N4O3/c1-11-7-22(10-15(11)20)8-12-2-3-14-13(6-12)9-23(19(14)26)16-4-5-17(24)21-18(16)25/h2-3,6,11,15-16H,4-5,7-10,20H2,1H3,(H,21,24,25)/t11-,15-,16?/m1/s1. The van der Waals surface area contributed by atoms with Crippen LogP contribution in [-0.4, -0.2) is 52.7 Å². The lowest BCUT2D eigenvalue weighted by molar-refractivity contribution is -0.136. The van der Waals surface area contributed by atoms with Gasteiger partial charge in [0.2, 0.25) is 11.8 Å². The zero-order valence-electron chi connectivity index (χ0n) is 14.9. The molecule has 3 aliphatic heterocycles. The van der Waals surface area contributed by atoms with Crippen LogP contribution in [0.3, 0.4) is 0 Å². The van der Waals surface area contributed by atoms with E-state index in [1.165, 1.54) is 0 Å². The highest BCUT2D eigenvalue weighted by atomic mass is 16.2. The van der Waals surface area contributed by atoms with Crippen LogP contribution in [0.1, 0.15) is 41.3 Å². The molecular weight excluding hydrogens is 332 g/mol. The van der Waals surface area contributed by atoms with Crippen molar-refractivity contribution >= 4 is 17.7 Å². The van der Waals surface area contributed by atoms with Crippen LogP contribution in [-0.2, 0) is 22.7 Å². The highest BCUT2D eigenvalue weighted by Gasteiger charge is 2.39. The first kappa shape index (κ1) is 17.2. The van der Waals surface area contributed by atoms with Gasteiger partial charge in [-0.25, -0.2) is 0 Å². The molecule has 2 fully saturated rings. The van der Waals surface area contributed by atoms with Crippen molar-refractivity contribution in [3.05, 3.63) is 34.9 Å². The molecule has 2 saturated heterocycles. The molecule has 1 aromatic rings. The predicted molar refractivity (Wildman–Crippen MR) is 94.9 cm³/mol. The molecule has 138 valence electrons. The van der Waals surface area contributed by atoms with Crippen LogP contribution in [0.15, 0.2) is 18.2 Å². The van der Waals surface area contributed by atoms with E-state index in [1.54, 1.807) is 4.90 Å². The molecule has 0 aliphatic carbocycles. The molecule has 0 bridgehead atoms. The molecule has 0 spiro atoms. The number of hydrogen-bond acceptors (Lipinski definition) is 5. The molecule has 3 atom stereocenters. The second-order valence-corrected chi connectivity index (χ2v) is 7.73. The van der Waals surface area contributed by atoms with Crippen LogP contribution in [0.4, 0.5) is 0 Å². The Hall–Kier alpha value is -2.25. The number of likely N-dealkylation sites (tertiary alicyclic amines) is 1. The number of carbonyl (C=O) groups is 3. The van der Waals surface area contributed by atoms with Gasteiger partial charge in [0.15, 0.2) is 0 Å². The first-order valence-corrected chi connectivity index (χ1v) is 9.17. The van der Waals surface area contributed by atoms with Crippen LogP contribution in [0.5, 0.6) is 0 Å². The Morgan fingerprint density at radius 3 is 2.73 bits per heavy atom. The zero-order valence-corrected chi connectivity index (χ0v) is 14.9. The summed E-state index contributed by atoms with van der Waals surface area (Å²) in [5.74, 6) is -0.273. The Morgan fingerprint density at radius 2 is 2.04 bits per heavy atom. The smallest absolute Gasteiger partial charge is 0.255 e. The quantitative estimate of drug-likeness (QED) is 0.756. The summed E-state index contributed by atoms with van der Waals surface area (Å²) in [7, 11) is 0. The number of hydrogen-bond donors (Lipinski definition) is 2. The van der Waals surface area contributed by atoms with Crippen LogP contribution in [0, 0.1) is 5.92 Å². The van der Waals surface area contributed by atoms with E-state index in [4.69, 9.17) is 5.73 Å². The SMILES string of the molecule is C[C@@H]1CN(Cc2ccc3c(c2)CN(C2CCC(=O)NC2=O)C3=O)C[C@H]1N. The van der Waals surface area contributed by atoms with E-state index in [9.17, 15) is 14.4 Å². The van der Waals surface area contributed by atoms with Gasteiger partial charge in [0.25, 0.3) is 5.91 Å². The molecule has 1 unspecified atom stereocenters. The van der Waals surface area contributed by atoms with Crippen molar-refractivity contribution in [2.75, 3.05) is 13.1 Å². The molecule has 4 rings (SSSR count). The predicted octanol–water partition coefficient (Wildman–Crippen LogP) is 0.227. The molecule has 1 aromatic carbocycles. The number of piperidine rings is 1. The number of carbonyl (C=O) groups excluding carboxylic acids is 3. The summed E-state index contributed by atoms with van der Waals surface area (Å²) in [6.45, 7) is 5.28. The first-order valence-electron chi connectivity index (χ1n) is 9.17. The van der Waals surface area contributed by atoms with Crippen LogP contribution in [0.2, 0.25) is 0 Å². The summed E-state index contributed by atoms with van der Waals surface area (Å²) in [6.07, 6.45) is 0.663. The number of imide groups is 1. The Balaban J connectivity index is 1.48. The lowest BCUT2D eigenvalue weighted by Crippen LogP contribution is -2.52. The van der Waals surface area contributed by atoms with E-state index >= 15 is 0 Å². The van der Waals surface area contributed by atoms with Crippen molar-refractivity contribution in [3.8, 4) is 0 Å². The van der Waals surface area contributed by atoms with Gasteiger partial charge in [-0.15, -0.1) is 0 Å². The molecule has 7 heteroatoms. The summed E-state index contributed by atoms with van der Waals surface area (Å²) in [6, 6.07) is 5.56. The fraction of sp³-hybridized carbons (Fsp3) is 0.526. The Morgan fingerprint density at radius 1 is 1.23 bits per heavy atom. The maximum atomic E-state index is 12.7. The molecule has 0 radical (unpaired) electrons. The average Bonchev–Trinajstić information content (AvgIpc) is 3.07. The van der Waals surface area contributed by atoms with E-state index < -0.39 is 6.04 Å². The monoisotopic (exact) mass is 356 g/mol. The third-order valence-electron chi connectivity index (χ3n) is 5.74. The first-order chi connectivity index (χ1) is 12.4. The van der Waals surface area contributed by atoms with Crippen molar-refractivity contribution in [2.24, 2.45) is 11.7 Å². The summed E-state index contributed by atoms with van der Waals surface area (Å²) in [5, 5.41) is 2.33.